The first-order chi connectivity index (χ1) is 30.1. The lowest BCUT2D eigenvalue weighted by atomic mass is 9.89. The van der Waals surface area contributed by atoms with Gasteiger partial charge in [0.25, 0.3) is 15.9 Å². The van der Waals surface area contributed by atoms with Gasteiger partial charge >= 0.3 is 0 Å². The van der Waals surface area contributed by atoms with E-state index in [2.05, 4.69) is 15.4 Å². The molecule has 0 bridgehead atoms. The Morgan fingerprint density at radius 1 is 0.828 bits per heavy atom. The van der Waals surface area contributed by atoms with E-state index in [1.165, 1.54) is 26.4 Å². The quantitative estimate of drug-likeness (QED) is 0.120. The van der Waals surface area contributed by atoms with Gasteiger partial charge in [-0.2, -0.15) is 0 Å². The summed E-state index contributed by atoms with van der Waals surface area (Å²) in [4.78, 5) is 75.1. The molecule has 1 aliphatic rings. The molecule has 1 fully saturated rings. The predicted molar refractivity (Wildman–Crippen MR) is 247 cm³/mol. The molecule has 1 heterocycles. The van der Waals surface area contributed by atoms with E-state index in [0.717, 1.165) is 5.56 Å². The van der Waals surface area contributed by atoms with Gasteiger partial charge in [-0.05, 0) is 68.0 Å². The van der Waals surface area contributed by atoms with Crippen molar-refractivity contribution < 1.29 is 41.9 Å². The Hall–Kier alpha value is -4.42. The van der Waals surface area contributed by atoms with Crippen LogP contribution >= 0.6 is 0 Å². The Labute approximate surface area is 381 Å². The molecule has 5 amide bonds. The van der Waals surface area contributed by atoms with Gasteiger partial charge in [0, 0.05) is 40.8 Å². The monoisotopic (exact) mass is 914 g/mol. The predicted octanol–water partition coefficient (Wildman–Crippen LogP) is 3.33. The minimum absolute atomic E-state index is 0.00396. The highest BCUT2D eigenvalue weighted by Crippen LogP contribution is 2.30. The average Bonchev–Trinajstić information content (AvgIpc) is 3.74. The number of carbonyl (C=O) groups is 5. The van der Waals surface area contributed by atoms with Crippen LogP contribution in [0.2, 0.25) is 0 Å². The molecular formula is C47H75N7O9S. The molecule has 1 saturated heterocycles. The second kappa shape index (κ2) is 24.8. The SMILES string of the molecule is CC[C@H](C)[C@@H]([C@@H](CC(=O)N1CCC[C@H]1[C@H](OC)[C@@H](C)C(=O)N[C@@H](Cc1ccccc1)C(=O)NS(=O)(=O)c1ccc(CN)cc1)OC)N(C)C(=O)[C@@H](NC(=O)C(C(C)C)N(C)C)C(C)C. The third kappa shape index (κ3) is 14.0. The summed E-state index contributed by atoms with van der Waals surface area (Å²) in [6.45, 7) is 14.0. The number of hydrogen-bond acceptors (Lipinski definition) is 11. The summed E-state index contributed by atoms with van der Waals surface area (Å²) >= 11 is 0. The zero-order valence-electron chi connectivity index (χ0n) is 40.0. The lowest BCUT2D eigenvalue weighted by Crippen LogP contribution is -2.59. The molecule has 1 aliphatic heterocycles. The molecule has 9 atom stereocenters. The smallest absolute Gasteiger partial charge is 0.264 e. The van der Waals surface area contributed by atoms with Crippen molar-refractivity contribution in [3.05, 3.63) is 65.7 Å². The fourth-order valence-electron chi connectivity index (χ4n) is 8.84. The Bertz CT molecular complexity index is 1940. The van der Waals surface area contributed by atoms with Crippen LogP contribution in [0, 0.1) is 23.7 Å². The van der Waals surface area contributed by atoms with Crippen LogP contribution in [-0.4, -0.2) is 137 Å². The van der Waals surface area contributed by atoms with E-state index in [0.29, 0.717) is 31.4 Å². The van der Waals surface area contributed by atoms with E-state index in [1.807, 2.05) is 66.6 Å². The van der Waals surface area contributed by atoms with Crippen molar-refractivity contribution in [1.82, 2.24) is 30.1 Å². The van der Waals surface area contributed by atoms with Crippen LogP contribution in [0.25, 0.3) is 0 Å². The first-order valence-electron chi connectivity index (χ1n) is 22.4. The highest BCUT2D eigenvalue weighted by molar-refractivity contribution is 7.90. The molecule has 0 spiro atoms. The van der Waals surface area contributed by atoms with Gasteiger partial charge in [-0.1, -0.05) is 97.4 Å². The van der Waals surface area contributed by atoms with E-state index in [9.17, 15) is 32.4 Å². The van der Waals surface area contributed by atoms with Crippen molar-refractivity contribution >= 4 is 39.6 Å². The summed E-state index contributed by atoms with van der Waals surface area (Å²) in [5.41, 5.74) is 7.08. The van der Waals surface area contributed by atoms with Crippen molar-refractivity contribution in [2.45, 2.75) is 134 Å². The highest BCUT2D eigenvalue weighted by Gasteiger charge is 2.43. The molecule has 2 aromatic carbocycles. The van der Waals surface area contributed by atoms with Gasteiger partial charge in [-0.3, -0.25) is 28.9 Å². The van der Waals surface area contributed by atoms with Gasteiger partial charge in [0.1, 0.15) is 12.1 Å². The fraction of sp³-hybridized carbons (Fsp3) is 0.638. The van der Waals surface area contributed by atoms with Crippen LogP contribution in [-0.2, 0) is 56.4 Å². The Morgan fingerprint density at radius 2 is 1.45 bits per heavy atom. The number of nitrogens with zero attached hydrogens (tertiary/aromatic N) is 3. The molecule has 16 nitrogen and oxygen atoms in total. The third-order valence-corrected chi connectivity index (χ3v) is 13.9. The number of rotatable bonds is 24. The van der Waals surface area contributed by atoms with Crippen LogP contribution in [0.4, 0.5) is 0 Å². The molecule has 17 heteroatoms. The normalized spacial score (nSPS) is 18.1. The van der Waals surface area contributed by atoms with Gasteiger partial charge < -0.3 is 35.6 Å². The minimum atomic E-state index is -4.30. The Morgan fingerprint density at radius 3 is 1.97 bits per heavy atom. The van der Waals surface area contributed by atoms with E-state index < -0.39 is 70.2 Å². The van der Waals surface area contributed by atoms with E-state index in [1.54, 1.807) is 60.2 Å². The van der Waals surface area contributed by atoms with Crippen molar-refractivity contribution in [2.75, 3.05) is 41.9 Å². The Kier molecular flexibility index (Phi) is 20.9. The van der Waals surface area contributed by atoms with Gasteiger partial charge in [0.05, 0.1) is 47.6 Å². The molecule has 0 radical (unpaired) electrons. The van der Waals surface area contributed by atoms with Crippen LogP contribution in [0.3, 0.4) is 0 Å². The zero-order chi connectivity index (χ0) is 48.1. The molecule has 3 rings (SSSR count). The number of nitrogens with one attached hydrogen (secondary N) is 3. The number of benzene rings is 2. The number of hydrogen-bond donors (Lipinski definition) is 4. The van der Waals surface area contributed by atoms with Gasteiger partial charge in [-0.25, -0.2) is 13.1 Å². The number of carbonyl (C=O) groups excluding carboxylic acids is 5. The number of likely N-dealkylation sites (tertiary alicyclic amines) is 1. The zero-order valence-corrected chi connectivity index (χ0v) is 40.8. The molecule has 0 aliphatic carbocycles. The maximum Gasteiger partial charge on any atom is 0.264 e. The molecule has 0 aromatic heterocycles. The molecule has 2 aromatic rings. The van der Waals surface area contributed by atoms with E-state index in [4.69, 9.17) is 15.2 Å². The van der Waals surface area contributed by atoms with Crippen molar-refractivity contribution in [2.24, 2.45) is 29.4 Å². The highest BCUT2D eigenvalue weighted by atomic mass is 32.2. The fourth-order valence-corrected chi connectivity index (χ4v) is 9.86. The minimum Gasteiger partial charge on any atom is -0.379 e. The van der Waals surface area contributed by atoms with Crippen LogP contribution in [0.1, 0.15) is 85.3 Å². The van der Waals surface area contributed by atoms with Crippen molar-refractivity contribution in [3.8, 4) is 0 Å². The molecule has 358 valence electrons. The van der Waals surface area contributed by atoms with E-state index >= 15 is 0 Å². The molecule has 1 unspecified atom stereocenters. The summed E-state index contributed by atoms with van der Waals surface area (Å²) in [5, 5.41) is 5.80. The maximum atomic E-state index is 14.4. The topological polar surface area (TPSA) is 210 Å². The number of sulfonamides is 1. The van der Waals surface area contributed by atoms with Crippen molar-refractivity contribution in [3.63, 3.8) is 0 Å². The van der Waals surface area contributed by atoms with Gasteiger partial charge in [0.15, 0.2) is 0 Å². The summed E-state index contributed by atoms with van der Waals surface area (Å²) in [6, 6.07) is 11.2. The summed E-state index contributed by atoms with van der Waals surface area (Å²) in [7, 11) is 4.06. The molecule has 64 heavy (non-hydrogen) atoms. The lowest BCUT2D eigenvalue weighted by Gasteiger charge is -2.41. The standard InChI is InChI=1S/C47H75N7O9S/c1-13-31(6)42(53(10)47(59)40(29(2)3)50-46(58)41(30(4)5)52(8)9)38(62-11)27-39(55)54-25-17-20-37(54)43(63-12)32(7)44(56)49-36(26-33-18-15-14-16-19-33)45(57)51-64(60,61)35-23-21-34(28-48)22-24-35/h14-16,18-19,21-24,29-32,36-38,40-43H,13,17,20,25-28,48H2,1-12H3,(H,49,56)(H,50,58)(H,51,57)/t31-,32+,36-,37-,38+,40-,41?,42-,43+/m0/s1. The number of methoxy groups -OCH3 is 2. The lowest BCUT2D eigenvalue weighted by molar-refractivity contribution is -0.148. The van der Waals surface area contributed by atoms with Gasteiger partial charge in [-0.15, -0.1) is 0 Å². The second-order valence-corrected chi connectivity index (χ2v) is 19.7. The molecule has 5 N–H and O–H groups in total. The molecular weight excluding hydrogens is 839 g/mol. The number of ether oxygens (including phenoxy) is 2. The number of amides is 5. The van der Waals surface area contributed by atoms with Crippen LogP contribution in [0.15, 0.2) is 59.5 Å². The van der Waals surface area contributed by atoms with Gasteiger partial charge in [0.2, 0.25) is 23.6 Å². The maximum absolute atomic E-state index is 14.4. The van der Waals surface area contributed by atoms with Crippen LogP contribution in [0.5, 0.6) is 0 Å². The summed E-state index contributed by atoms with van der Waals surface area (Å²) < 4.78 is 40.7. The first kappa shape index (κ1) is 53.9. The first-order valence-corrected chi connectivity index (χ1v) is 23.9. The van der Waals surface area contributed by atoms with Crippen molar-refractivity contribution in [1.29, 1.82) is 0 Å². The summed E-state index contributed by atoms with van der Waals surface area (Å²) in [6.07, 6.45) is 0.325. The van der Waals surface area contributed by atoms with E-state index in [-0.39, 0.29) is 59.8 Å². The number of nitrogens with two attached hydrogens (primary N) is 1. The summed E-state index contributed by atoms with van der Waals surface area (Å²) in [5.74, 6) is -3.39. The average molecular weight is 914 g/mol. The Balaban J connectivity index is 1.83. The third-order valence-electron chi connectivity index (χ3n) is 12.6. The largest absolute Gasteiger partial charge is 0.379 e. The molecule has 0 saturated carbocycles. The van der Waals surface area contributed by atoms with Crippen LogP contribution < -0.4 is 21.1 Å². The number of likely N-dealkylation sites (N-methyl/N-ethyl adjacent to an activating group) is 2. The second-order valence-electron chi connectivity index (χ2n) is 18.0.